The van der Waals surface area contributed by atoms with Crippen LogP contribution in [-0.2, 0) is 0 Å². The Labute approximate surface area is 170 Å². The van der Waals surface area contributed by atoms with E-state index in [-0.39, 0.29) is 0 Å². The molecule has 1 atom stereocenters. The minimum Gasteiger partial charge on any atom is -0.493 e. The fraction of sp³-hybridized carbons (Fsp3) is 0.333. The summed E-state index contributed by atoms with van der Waals surface area (Å²) in [6, 6.07) is 10.6. The van der Waals surface area contributed by atoms with Gasteiger partial charge in [0.25, 0.3) is 0 Å². The van der Waals surface area contributed by atoms with E-state index in [9.17, 15) is 0 Å². The number of aromatic nitrogens is 3. The fourth-order valence-corrected chi connectivity index (χ4v) is 2.94. The van der Waals surface area contributed by atoms with Crippen LogP contribution in [0.5, 0.6) is 23.0 Å². The van der Waals surface area contributed by atoms with Crippen LogP contribution in [0, 0.1) is 0 Å². The summed E-state index contributed by atoms with van der Waals surface area (Å²) in [6.45, 7) is 4.94. The molecule has 0 amide bonds. The normalized spacial score (nSPS) is 11.8. The number of rotatable bonds is 9. The maximum Gasteiger partial charge on any atom is 0.181 e. The third kappa shape index (κ3) is 4.43. The second kappa shape index (κ2) is 9.29. The van der Waals surface area contributed by atoms with Crippen molar-refractivity contribution in [3.63, 3.8) is 0 Å². The van der Waals surface area contributed by atoms with E-state index < -0.39 is 6.04 Å². The van der Waals surface area contributed by atoms with Gasteiger partial charge in [0, 0.05) is 5.56 Å². The van der Waals surface area contributed by atoms with Crippen LogP contribution < -0.4 is 24.7 Å². The zero-order chi connectivity index (χ0) is 20.8. The quantitative estimate of drug-likeness (QED) is 0.569. The van der Waals surface area contributed by atoms with Gasteiger partial charge in [-0.05, 0) is 49.7 Å². The number of ether oxygens (including phenoxy) is 4. The second-order valence-electron chi connectivity index (χ2n) is 6.16. The summed E-state index contributed by atoms with van der Waals surface area (Å²) in [5, 5.41) is 7.23. The first-order valence-electron chi connectivity index (χ1n) is 9.41. The van der Waals surface area contributed by atoms with Gasteiger partial charge in [0.1, 0.15) is 5.82 Å². The zero-order valence-electron chi connectivity index (χ0n) is 17.1. The average molecular weight is 398 g/mol. The van der Waals surface area contributed by atoms with Crippen LogP contribution in [0.4, 0.5) is 0 Å². The van der Waals surface area contributed by atoms with E-state index in [1.165, 1.54) is 0 Å². The molecule has 2 aromatic carbocycles. The maximum atomic E-state index is 6.42. The predicted octanol–water partition coefficient (Wildman–Crippen LogP) is 3.33. The van der Waals surface area contributed by atoms with Crippen LogP contribution in [0.1, 0.15) is 31.3 Å². The molecular weight excluding hydrogens is 372 g/mol. The van der Waals surface area contributed by atoms with E-state index >= 15 is 0 Å². The van der Waals surface area contributed by atoms with Gasteiger partial charge in [-0.25, -0.2) is 4.98 Å². The zero-order valence-corrected chi connectivity index (χ0v) is 17.1. The molecule has 0 unspecified atom stereocenters. The van der Waals surface area contributed by atoms with E-state index in [2.05, 4.69) is 15.2 Å². The summed E-state index contributed by atoms with van der Waals surface area (Å²) in [5.74, 6) is 3.65. The minimum atomic E-state index is -0.494. The molecule has 29 heavy (non-hydrogen) atoms. The standard InChI is InChI=1S/C21H26N4O4/c1-5-28-16-10-7-13(11-18(16)29-6-2)19(22)21-23-20(24-25-21)14-8-9-15(26-3)17(12-14)27-4/h7-12,19H,5-6,22H2,1-4H3,(H,23,24,25)/t19-/m1/s1. The van der Waals surface area contributed by atoms with Crippen LogP contribution in [0.3, 0.4) is 0 Å². The van der Waals surface area contributed by atoms with Gasteiger partial charge in [0.05, 0.1) is 33.5 Å². The number of H-pyrrole nitrogens is 1. The Balaban J connectivity index is 1.87. The van der Waals surface area contributed by atoms with Gasteiger partial charge in [0.2, 0.25) is 0 Å². The second-order valence-corrected chi connectivity index (χ2v) is 6.16. The number of hydrogen-bond donors (Lipinski definition) is 2. The smallest absolute Gasteiger partial charge is 0.181 e. The van der Waals surface area contributed by atoms with E-state index in [4.69, 9.17) is 24.7 Å². The van der Waals surface area contributed by atoms with Crippen LogP contribution in [0.2, 0.25) is 0 Å². The Hall–Kier alpha value is -3.26. The first-order chi connectivity index (χ1) is 14.1. The summed E-state index contributed by atoms with van der Waals surface area (Å²) in [4.78, 5) is 4.56. The first kappa shape index (κ1) is 20.5. The fourth-order valence-electron chi connectivity index (χ4n) is 2.94. The molecule has 0 fully saturated rings. The van der Waals surface area contributed by atoms with E-state index in [0.717, 1.165) is 11.1 Å². The van der Waals surface area contributed by atoms with Crippen molar-refractivity contribution >= 4 is 0 Å². The molecule has 0 aliphatic carbocycles. The topological polar surface area (TPSA) is 105 Å². The Morgan fingerprint density at radius 3 is 2.28 bits per heavy atom. The van der Waals surface area contributed by atoms with Crippen LogP contribution in [0.25, 0.3) is 11.4 Å². The Bertz CT molecular complexity index is 958. The molecule has 0 saturated carbocycles. The van der Waals surface area contributed by atoms with Gasteiger partial charge in [-0.3, -0.25) is 5.10 Å². The largest absolute Gasteiger partial charge is 0.493 e. The molecular formula is C21H26N4O4. The van der Waals surface area contributed by atoms with Gasteiger partial charge in [0.15, 0.2) is 28.8 Å². The molecule has 0 aliphatic heterocycles. The molecule has 154 valence electrons. The highest BCUT2D eigenvalue weighted by Gasteiger charge is 2.18. The van der Waals surface area contributed by atoms with Gasteiger partial charge in [-0.2, -0.15) is 5.10 Å². The minimum absolute atomic E-state index is 0.494. The number of nitrogens with two attached hydrogens (primary N) is 1. The summed E-state index contributed by atoms with van der Waals surface area (Å²) >= 11 is 0. The summed E-state index contributed by atoms with van der Waals surface area (Å²) in [7, 11) is 3.18. The van der Waals surface area contributed by atoms with Gasteiger partial charge < -0.3 is 24.7 Å². The summed E-state index contributed by atoms with van der Waals surface area (Å²) < 4.78 is 21.9. The molecule has 0 spiro atoms. The van der Waals surface area contributed by atoms with E-state index in [1.807, 2.05) is 50.2 Å². The SMILES string of the molecule is CCOc1ccc([C@@H](N)c2nc(-c3ccc(OC)c(OC)c3)n[nH]2)cc1OCC. The van der Waals surface area contributed by atoms with Crippen LogP contribution >= 0.6 is 0 Å². The van der Waals surface area contributed by atoms with Crippen LogP contribution in [0.15, 0.2) is 36.4 Å². The van der Waals surface area contributed by atoms with Crippen LogP contribution in [-0.4, -0.2) is 42.6 Å². The van der Waals surface area contributed by atoms with Crippen molar-refractivity contribution in [1.82, 2.24) is 15.2 Å². The molecule has 0 aliphatic rings. The van der Waals surface area contributed by atoms with Crippen molar-refractivity contribution in [2.45, 2.75) is 19.9 Å². The lowest BCUT2D eigenvalue weighted by Gasteiger charge is -2.14. The molecule has 3 aromatic rings. The van der Waals surface area contributed by atoms with Crippen molar-refractivity contribution in [1.29, 1.82) is 0 Å². The lowest BCUT2D eigenvalue weighted by molar-refractivity contribution is 0.287. The van der Waals surface area contributed by atoms with E-state index in [1.54, 1.807) is 14.2 Å². The van der Waals surface area contributed by atoms with Crippen molar-refractivity contribution in [3.8, 4) is 34.4 Å². The molecule has 1 heterocycles. The number of nitrogens with zero attached hydrogens (tertiary/aromatic N) is 2. The molecule has 3 N–H and O–H groups in total. The third-order valence-electron chi connectivity index (χ3n) is 4.37. The Kier molecular flexibility index (Phi) is 6.56. The van der Waals surface area contributed by atoms with E-state index in [0.29, 0.717) is 47.9 Å². The van der Waals surface area contributed by atoms with Crippen molar-refractivity contribution < 1.29 is 18.9 Å². The lowest BCUT2D eigenvalue weighted by atomic mass is 10.1. The number of hydrogen-bond acceptors (Lipinski definition) is 7. The van der Waals surface area contributed by atoms with Crippen molar-refractivity contribution in [2.24, 2.45) is 5.73 Å². The molecule has 1 aromatic heterocycles. The molecule has 0 radical (unpaired) electrons. The highest BCUT2D eigenvalue weighted by Crippen LogP contribution is 2.33. The predicted molar refractivity (Wildman–Crippen MR) is 110 cm³/mol. The number of methoxy groups -OCH3 is 2. The lowest BCUT2D eigenvalue weighted by Crippen LogP contribution is -2.14. The van der Waals surface area contributed by atoms with Gasteiger partial charge >= 0.3 is 0 Å². The molecule has 8 nitrogen and oxygen atoms in total. The molecule has 3 rings (SSSR count). The highest BCUT2D eigenvalue weighted by atomic mass is 16.5. The van der Waals surface area contributed by atoms with Gasteiger partial charge in [-0.1, -0.05) is 6.07 Å². The van der Waals surface area contributed by atoms with Gasteiger partial charge in [-0.15, -0.1) is 0 Å². The molecule has 8 heteroatoms. The summed E-state index contributed by atoms with van der Waals surface area (Å²) in [6.07, 6.45) is 0. The number of benzene rings is 2. The Morgan fingerprint density at radius 1 is 0.897 bits per heavy atom. The average Bonchev–Trinajstić information content (AvgIpc) is 3.24. The summed E-state index contributed by atoms with van der Waals surface area (Å²) in [5.41, 5.74) is 8.05. The highest BCUT2D eigenvalue weighted by molar-refractivity contribution is 5.61. The third-order valence-corrected chi connectivity index (χ3v) is 4.37. The molecule has 0 saturated heterocycles. The monoisotopic (exact) mass is 398 g/mol. The number of nitrogens with one attached hydrogen (secondary N) is 1. The van der Waals surface area contributed by atoms with Crippen molar-refractivity contribution in [2.75, 3.05) is 27.4 Å². The Morgan fingerprint density at radius 2 is 1.59 bits per heavy atom. The van der Waals surface area contributed by atoms with Crippen molar-refractivity contribution in [3.05, 3.63) is 47.8 Å². The molecule has 0 bridgehead atoms. The number of aromatic amines is 1. The maximum absolute atomic E-state index is 6.42. The first-order valence-corrected chi connectivity index (χ1v) is 9.41.